The van der Waals surface area contributed by atoms with Crippen LogP contribution in [0.3, 0.4) is 0 Å². The van der Waals surface area contributed by atoms with E-state index in [1.54, 1.807) is 6.08 Å². The van der Waals surface area contributed by atoms with Gasteiger partial charge in [0.15, 0.2) is 17.1 Å². The van der Waals surface area contributed by atoms with Gasteiger partial charge < -0.3 is 10.1 Å². The zero-order valence-electron chi connectivity index (χ0n) is 18.2. The van der Waals surface area contributed by atoms with E-state index in [1.165, 1.54) is 22.9 Å². The fraction of sp³-hybridized carbons (Fsp3) is 0.292. The molecule has 7 heteroatoms. The van der Waals surface area contributed by atoms with Crippen LogP contribution >= 0.6 is 11.8 Å². The highest BCUT2D eigenvalue weighted by Crippen LogP contribution is 2.26. The molecule has 31 heavy (non-hydrogen) atoms. The number of amides is 1. The van der Waals surface area contributed by atoms with Crippen LogP contribution in [0.25, 0.3) is 0 Å². The van der Waals surface area contributed by atoms with Gasteiger partial charge in [-0.15, -0.1) is 16.8 Å². The van der Waals surface area contributed by atoms with Gasteiger partial charge in [-0.1, -0.05) is 54.2 Å². The second-order valence-electron chi connectivity index (χ2n) is 7.30. The number of nitrogens with one attached hydrogen (secondary N) is 1. The molecule has 0 saturated heterocycles. The Balaban J connectivity index is 1.62. The topological polar surface area (TPSA) is 69.0 Å². The van der Waals surface area contributed by atoms with Crippen molar-refractivity contribution in [2.45, 2.75) is 45.1 Å². The fourth-order valence-corrected chi connectivity index (χ4v) is 3.81. The van der Waals surface area contributed by atoms with E-state index in [0.717, 1.165) is 11.3 Å². The highest BCUT2D eigenvalue weighted by Gasteiger charge is 2.20. The molecule has 0 aliphatic heterocycles. The molecule has 2 aromatic carbocycles. The normalized spacial score (nSPS) is 11.7. The number of ether oxygens (including phenoxy) is 1. The number of nitrogens with zero attached hydrogens (tertiary/aromatic N) is 3. The Hall–Kier alpha value is -3.06. The third kappa shape index (κ3) is 6.21. The minimum Gasteiger partial charge on any atom is -0.483 e. The minimum absolute atomic E-state index is 0.0528. The van der Waals surface area contributed by atoms with Crippen molar-refractivity contribution in [1.29, 1.82) is 0 Å². The summed E-state index contributed by atoms with van der Waals surface area (Å²) >= 11 is 1.35. The van der Waals surface area contributed by atoms with E-state index in [9.17, 15) is 4.79 Å². The Labute approximate surface area is 187 Å². The number of hydrogen-bond acceptors (Lipinski definition) is 5. The highest BCUT2D eigenvalue weighted by molar-refractivity contribution is 7.99. The standard InChI is InChI=1S/C24H28N4O2S/c1-5-13-28-23(19(4)30-21-12-11-17(2)18(3)14-21)26-27-24(28)31-16-22(29)25-15-20-9-7-6-8-10-20/h5-12,14,19H,1,13,15-16H2,2-4H3,(H,25,29). The molecule has 1 heterocycles. The highest BCUT2D eigenvalue weighted by atomic mass is 32.2. The van der Waals surface area contributed by atoms with Crippen molar-refractivity contribution in [3.63, 3.8) is 0 Å². The summed E-state index contributed by atoms with van der Waals surface area (Å²) in [5.74, 6) is 1.70. The van der Waals surface area contributed by atoms with E-state index >= 15 is 0 Å². The van der Waals surface area contributed by atoms with Gasteiger partial charge in [0.1, 0.15) is 5.75 Å². The molecule has 0 saturated carbocycles. The van der Waals surface area contributed by atoms with Crippen LogP contribution in [0, 0.1) is 13.8 Å². The number of carbonyl (C=O) groups is 1. The molecule has 1 unspecified atom stereocenters. The molecule has 1 N–H and O–H groups in total. The van der Waals surface area contributed by atoms with Crippen molar-refractivity contribution in [3.8, 4) is 5.75 Å². The largest absolute Gasteiger partial charge is 0.483 e. The van der Waals surface area contributed by atoms with Crippen LogP contribution in [0.4, 0.5) is 0 Å². The van der Waals surface area contributed by atoms with E-state index in [1.807, 2.05) is 60.0 Å². The summed E-state index contributed by atoms with van der Waals surface area (Å²) in [6, 6.07) is 15.9. The van der Waals surface area contributed by atoms with E-state index in [4.69, 9.17) is 4.74 Å². The maximum Gasteiger partial charge on any atom is 0.230 e. The summed E-state index contributed by atoms with van der Waals surface area (Å²) in [4.78, 5) is 12.3. The molecule has 0 aliphatic carbocycles. The second-order valence-corrected chi connectivity index (χ2v) is 8.24. The summed E-state index contributed by atoms with van der Waals surface area (Å²) in [6.45, 7) is 11.0. The molecule has 0 aliphatic rings. The lowest BCUT2D eigenvalue weighted by atomic mass is 10.1. The number of carbonyl (C=O) groups excluding carboxylic acids is 1. The van der Waals surface area contributed by atoms with Crippen LogP contribution in [-0.2, 0) is 17.9 Å². The first-order valence-electron chi connectivity index (χ1n) is 10.2. The van der Waals surface area contributed by atoms with Gasteiger partial charge in [-0.2, -0.15) is 0 Å². The molecule has 1 atom stereocenters. The van der Waals surface area contributed by atoms with Crippen molar-refractivity contribution in [2.75, 3.05) is 5.75 Å². The Morgan fingerprint density at radius 2 is 1.97 bits per heavy atom. The SMILES string of the molecule is C=CCn1c(SCC(=O)NCc2ccccc2)nnc1C(C)Oc1ccc(C)c(C)c1. The van der Waals surface area contributed by atoms with Crippen LogP contribution in [0.15, 0.2) is 66.3 Å². The number of benzene rings is 2. The maximum absolute atomic E-state index is 12.3. The molecule has 0 radical (unpaired) electrons. The molecular formula is C24H28N4O2S. The first-order valence-corrected chi connectivity index (χ1v) is 11.2. The Morgan fingerprint density at radius 1 is 1.19 bits per heavy atom. The first-order chi connectivity index (χ1) is 15.0. The van der Waals surface area contributed by atoms with E-state index < -0.39 is 0 Å². The van der Waals surface area contributed by atoms with Crippen LogP contribution in [0.2, 0.25) is 0 Å². The monoisotopic (exact) mass is 436 g/mol. The average molecular weight is 437 g/mol. The smallest absolute Gasteiger partial charge is 0.230 e. The van der Waals surface area contributed by atoms with Crippen LogP contribution in [0.5, 0.6) is 5.75 Å². The lowest BCUT2D eigenvalue weighted by Crippen LogP contribution is -2.24. The van der Waals surface area contributed by atoms with Crippen molar-refractivity contribution in [3.05, 3.63) is 83.7 Å². The van der Waals surface area contributed by atoms with Crippen molar-refractivity contribution in [1.82, 2.24) is 20.1 Å². The molecule has 162 valence electrons. The molecule has 0 fully saturated rings. The Morgan fingerprint density at radius 3 is 2.68 bits per heavy atom. The number of aryl methyl sites for hydroxylation is 2. The zero-order valence-corrected chi connectivity index (χ0v) is 19.0. The van der Waals surface area contributed by atoms with E-state index in [2.05, 4.69) is 35.9 Å². The van der Waals surface area contributed by atoms with Crippen molar-refractivity contribution < 1.29 is 9.53 Å². The van der Waals surface area contributed by atoms with Gasteiger partial charge in [0.25, 0.3) is 0 Å². The van der Waals surface area contributed by atoms with Crippen molar-refractivity contribution in [2.24, 2.45) is 0 Å². The predicted octanol–water partition coefficient (Wildman–Crippen LogP) is 4.63. The number of allylic oxidation sites excluding steroid dienone is 1. The third-order valence-corrected chi connectivity index (χ3v) is 5.84. The second kappa shape index (κ2) is 10.8. The molecule has 1 aromatic heterocycles. The summed E-state index contributed by atoms with van der Waals surface area (Å²) in [7, 11) is 0. The summed E-state index contributed by atoms with van der Waals surface area (Å²) in [5, 5.41) is 12.2. The Kier molecular flexibility index (Phi) is 7.89. The molecule has 6 nitrogen and oxygen atoms in total. The van der Waals surface area contributed by atoms with Crippen LogP contribution < -0.4 is 10.1 Å². The zero-order chi connectivity index (χ0) is 22.2. The number of thioether (sulfide) groups is 1. The number of aromatic nitrogens is 3. The van der Waals surface area contributed by atoms with Crippen LogP contribution in [0.1, 0.15) is 35.5 Å². The van der Waals surface area contributed by atoms with Gasteiger partial charge in [-0.3, -0.25) is 9.36 Å². The van der Waals surface area contributed by atoms with E-state index in [0.29, 0.717) is 24.1 Å². The molecule has 1 amide bonds. The fourth-order valence-electron chi connectivity index (χ4n) is 3.03. The van der Waals surface area contributed by atoms with Gasteiger partial charge in [-0.25, -0.2) is 0 Å². The Bertz CT molecular complexity index is 1030. The van der Waals surface area contributed by atoms with E-state index in [-0.39, 0.29) is 17.8 Å². The van der Waals surface area contributed by atoms with Gasteiger partial charge in [0.05, 0.1) is 5.75 Å². The number of hydrogen-bond donors (Lipinski definition) is 1. The summed E-state index contributed by atoms with van der Waals surface area (Å²) in [6.07, 6.45) is 1.49. The minimum atomic E-state index is -0.296. The van der Waals surface area contributed by atoms with Gasteiger partial charge in [0, 0.05) is 13.1 Å². The maximum atomic E-state index is 12.3. The van der Waals surface area contributed by atoms with Gasteiger partial charge in [-0.05, 0) is 49.6 Å². The quantitative estimate of drug-likeness (QED) is 0.371. The molecule has 3 rings (SSSR count). The molecular weight excluding hydrogens is 408 g/mol. The first kappa shape index (κ1) is 22.6. The molecule has 0 bridgehead atoms. The lowest BCUT2D eigenvalue weighted by molar-refractivity contribution is -0.118. The average Bonchev–Trinajstić information content (AvgIpc) is 3.17. The summed E-state index contributed by atoms with van der Waals surface area (Å²) < 4.78 is 8.04. The van der Waals surface area contributed by atoms with Gasteiger partial charge in [0.2, 0.25) is 5.91 Å². The molecule has 3 aromatic rings. The van der Waals surface area contributed by atoms with Crippen molar-refractivity contribution >= 4 is 17.7 Å². The lowest BCUT2D eigenvalue weighted by Gasteiger charge is -2.16. The summed E-state index contributed by atoms with van der Waals surface area (Å²) in [5.41, 5.74) is 3.46. The molecule has 0 spiro atoms. The third-order valence-electron chi connectivity index (χ3n) is 4.88. The van der Waals surface area contributed by atoms with Crippen LogP contribution in [-0.4, -0.2) is 26.4 Å². The number of rotatable bonds is 10. The predicted molar refractivity (Wildman–Crippen MR) is 124 cm³/mol. The van der Waals surface area contributed by atoms with Gasteiger partial charge >= 0.3 is 0 Å².